The van der Waals surface area contributed by atoms with E-state index in [1.807, 2.05) is 6.92 Å². The van der Waals surface area contributed by atoms with Crippen molar-refractivity contribution in [2.24, 2.45) is 0 Å². The topological polar surface area (TPSA) is 72.9 Å². The molecule has 28 heavy (non-hydrogen) atoms. The monoisotopic (exact) mass is 435 g/mol. The standard InChI is InChI=1S/C19H17NO5S3/c1-3-20-18(21)17(27-19(20)26)12-13-6-4-5-7-16(13)25-28(22,23)15-10-8-14(24-2)9-11-15/h4-12H,3H2,1-2H3/b17-12-. The van der Waals surface area contributed by atoms with E-state index in [-0.39, 0.29) is 16.6 Å². The molecule has 0 saturated carbocycles. The molecule has 1 amide bonds. The third kappa shape index (κ3) is 4.21. The van der Waals surface area contributed by atoms with E-state index in [4.69, 9.17) is 21.1 Å². The maximum Gasteiger partial charge on any atom is 0.339 e. The van der Waals surface area contributed by atoms with Crippen molar-refractivity contribution in [1.29, 1.82) is 0 Å². The van der Waals surface area contributed by atoms with Gasteiger partial charge in [0, 0.05) is 12.1 Å². The predicted molar refractivity (Wildman–Crippen MR) is 113 cm³/mol. The first kappa shape index (κ1) is 20.4. The molecule has 1 aliphatic heterocycles. The molecule has 0 bridgehead atoms. The minimum atomic E-state index is -4.05. The van der Waals surface area contributed by atoms with Crippen molar-refractivity contribution in [3.63, 3.8) is 0 Å². The smallest absolute Gasteiger partial charge is 0.339 e. The molecule has 0 aliphatic carbocycles. The molecule has 2 aromatic rings. The molecule has 0 spiro atoms. The Morgan fingerprint density at radius 1 is 1.14 bits per heavy atom. The van der Waals surface area contributed by atoms with Gasteiger partial charge < -0.3 is 8.92 Å². The van der Waals surface area contributed by atoms with Crippen LogP contribution in [0.15, 0.2) is 58.3 Å². The average molecular weight is 436 g/mol. The molecule has 0 radical (unpaired) electrons. The summed E-state index contributed by atoms with van der Waals surface area (Å²) in [7, 11) is -2.55. The van der Waals surface area contributed by atoms with Crippen LogP contribution in [0.1, 0.15) is 12.5 Å². The highest BCUT2D eigenvalue weighted by atomic mass is 32.2. The van der Waals surface area contributed by atoms with Crippen LogP contribution in [0.5, 0.6) is 11.5 Å². The Kier molecular flexibility index (Phi) is 6.07. The molecule has 2 aromatic carbocycles. The van der Waals surface area contributed by atoms with Crippen LogP contribution >= 0.6 is 24.0 Å². The Morgan fingerprint density at radius 3 is 2.43 bits per heavy atom. The molecule has 0 unspecified atom stereocenters. The third-order valence-corrected chi connectivity index (χ3v) is 6.57. The van der Waals surface area contributed by atoms with Crippen LogP contribution in [0, 0.1) is 0 Å². The van der Waals surface area contributed by atoms with Gasteiger partial charge in [-0.3, -0.25) is 9.69 Å². The Morgan fingerprint density at radius 2 is 1.82 bits per heavy atom. The second-order valence-electron chi connectivity index (χ2n) is 5.68. The van der Waals surface area contributed by atoms with Crippen molar-refractivity contribution in [3.8, 4) is 11.5 Å². The fourth-order valence-corrected chi connectivity index (χ4v) is 4.83. The number of methoxy groups -OCH3 is 1. The normalized spacial score (nSPS) is 15.9. The number of nitrogens with zero attached hydrogens (tertiary/aromatic N) is 1. The van der Waals surface area contributed by atoms with E-state index in [1.54, 1.807) is 24.3 Å². The van der Waals surface area contributed by atoms with Crippen LogP contribution in [0.3, 0.4) is 0 Å². The number of carbonyl (C=O) groups is 1. The molecule has 1 aliphatic rings. The number of amides is 1. The number of thiocarbonyl (C=S) groups is 1. The molecule has 1 heterocycles. The first-order valence-electron chi connectivity index (χ1n) is 8.28. The van der Waals surface area contributed by atoms with E-state index in [2.05, 4.69) is 0 Å². The lowest BCUT2D eigenvalue weighted by molar-refractivity contribution is -0.121. The number of ether oxygens (including phenoxy) is 1. The summed E-state index contributed by atoms with van der Waals surface area (Å²) in [5, 5.41) is 0. The Bertz CT molecular complexity index is 1050. The van der Waals surface area contributed by atoms with E-state index in [0.717, 1.165) is 0 Å². The van der Waals surface area contributed by atoms with Crippen LogP contribution < -0.4 is 8.92 Å². The first-order chi connectivity index (χ1) is 13.4. The van der Waals surface area contributed by atoms with Crippen molar-refractivity contribution >= 4 is 50.4 Å². The fraction of sp³-hybridized carbons (Fsp3) is 0.158. The Balaban J connectivity index is 1.91. The van der Waals surface area contributed by atoms with Gasteiger partial charge in [-0.1, -0.05) is 42.2 Å². The lowest BCUT2D eigenvalue weighted by Gasteiger charge is -2.11. The highest BCUT2D eigenvalue weighted by molar-refractivity contribution is 8.26. The van der Waals surface area contributed by atoms with Gasteiger partial charge in [-0.15, -0.1) is 0 Å². The summed E-state index contributed by atoms with van der Waals surface area (Å²) in [5.41, 5.74) is 0.469. The van der Waals surface area contributed by atoms with E-state index < -0.39 is 10.1 Å². The predicted octanol–water partition coefficient (Wildman–Crippen LogP) is 3.68. The molecule has 0 N–H and O–H groups in total. The molecule has 1 saturated heterocycles. The summed E-state index contributed by atoms with van der Waals surface area (Å²) in [5.74, 6) is 0.461. The van der Waals surface area contributed by atoms with E-state index >= 15 is 0 Å². The second-order valence-corrected chi connectivity index (χ2v) is 8.90. The number of rotatable bonds is 6. The first-order valence-corrected chi connectivity index (χ1v) is 10.9. The van der Waals surface area contributed by atoms with Gasteiger partial charge in [-0.25, -0.2) is 0 Å². The number of benzene rings is 2. The molecule has 3 rings (SSSR count). The number of thioether (sulfide) groups is 1. The van der Waals surface area contributed by atoms with Gasteiger partial charge in [0.05, 0.1) is 12.0 Å². The van der Waals surface area contributed by atoms with Gasteiger partial charge in [0.2, 0.25) is 0 Å². The molecule has 9 heteroatoms. The molecule has 146 valence electrons. The maximum atomic E-state index is 12.6. The van der Waals surface area contributed by atoms with Crippen molar-refractivity contribution in [1.82, 2.24) is 4.90 Å². The van der Waals surface area contributed by atoms with Crippen LogP contribution in [-0.4, -0.2) is 37.2 Å². The molecule has 6 nitrogen and oxygen atoms in total. The van der Waals surface area contributed by atoms with Crippen LogP contribution in [0.2, 0.25) is 0 Å². The van der Waals surface area contributed by atoms with Gasteiger partial charge in [0.25, 0.3) is 5.91 Å². The van der Waals surface area contributed by atoms with Gasteiger partial charge >= 0.3 is 10.1 Å². The second kappa shape index (κ2) is 8.34. The number of hydrogen-bond donors (Lipinski definition) is 0. The number of carbonyl (C=O) groups excluding carboxylic acids is 1. The quantitative estimate of drug-likeness (QED) is 0.389. The van der Waals surface area contributed by atoms with Gasteiger partial charge in [0.15, 0.2) is 0 Å². The van der Waals surface area contributed by atoms with E-state index in [0.29, 0.717) is 27.1 Å². The van der Waals surface area contributed by atoms with Gasteiger partial charge in [0.1, 0.15) is 20.7 Å². The summed E-state index contributed by atoms with van der Waals surface area (Å²) in [6.45, 7) is 2.32. The zero-order valence-electron chi connectivity index (χ0n) is 15.1. The summed E-state index contributed by atoms with van der Waals surface area (Å²) in [6, 6.07) is 12.5. The minimum Gasteiger partial charge on any atom is -0.497 e. The largest absolute Gasteiger partial charge is 0.497 e. The van der Waals surface area contributed by atoms with E-state index in [9.17, 15) is 13.2 Å². The Labute approximate surface area is 173 Å². The summed E-state index contributed by atoms with van der Waals surface area (Å²) >= 11 is 6.38. The molecule has 0 atom stereocenters. The van der Waals surface area contributed by atoms with Crippen LogP contribution in [0.25, 0.3) is 6.08 Å². The number of para-hydroxylation sites is 1. The lowest BCUT2D eigenvalue weighted by atomic mass is 10.2. The van der Waals surface area contributed by atoms with Crippen LogP contribution in [0.4, 0.5) is 0 Å². The zero-order chi connectivity index (χ0) is 20.3. The summed E-state index contributed by atoms with van der Waals surface area (Å²) < 4.78 is 36.1. The molecular weight excluding hydrogens is 418 g/mol. The van der Waals surface area contributed by atoms with E-state index in [1.165, 1.54) is 54.1 Å². The van der Waals surface area contributed by atoms with Crippen molar-refractivity contribution in [2.45, 2.75) is 11.8 Å². The number of hydrogen-bond acceptors (Lipinski definition) is 7. The van der Waals surface area contributed by atoms with Gasteiger partial charge in [-0.2, -0.15) is 8.42 Å². The molecule has 1 fully saturated rings. The lowest BCUT2D eigenvalue weighted by Crippen LogP contribution is -2.27. The van der Waals surface area contributed by atoms with Crippen LogP contribution in [-0.2, 0) is 14.9 Å². The molecular formula is C19H17NO5S3. The van der Waals surface area contributed by atoms with Gasteiger partial charge in [-0.05, 0) is 43.3 Å². The maximum absolute atomic E-state index is 12.6. The fourth-order valence-electron chi connectivity index (χ4n) is 2.50. The molecule has 0 aromatic heterocycles. The minimum absolute atomic E-state index is 0.000379. The average Bonchev–Trinajstić information content (AvgIpc) is 2.95. The number of likely N-dealkylation sites (N-methyl/N-ethyl adjacent to an activating group) is 1. The summed E-state index contributed by atoms with van der Waals surface area (Å²) in [4.78, 5) is 14.3. The SMILES string of the molecule is CCN1C(=O)/C(=C/c2ccccc2OS(=O)(=O)c2ccc(OC)cc2)SC1=S. The highest BCUT2D eigenvalue weighted by Crippen LogP contribution is 2.34. The highest BCUT2D eigenvalue weighted by Gasteiger charge is 2.31. The van der Waals surface area contributed by atoms with Crippen molar-refractivity contribution in [2.75, 3.05) is 13.7 Å². The third-order valence-electron chi connectivity index (χ3n) is 3.94. The van der Waals surface area contributed by atoms with Crippen molar-refractivity contribution < 1.29 is 22.1 Å². The van der Waals surface area contributed by atoms with Crippen molar-refractivity contribution in [3.05, 3.63) is 59.0 Å². The Hall–Kier alpha value is -2.36. The summed E-state index contributed by atoms with van der Waals surface area (Å²) in [6.07, 6.45) is 1.59. The zero-order valence-corrected chi connectivity index (χ0v) is 17.6.